The lowest BCUT2D eigenvalue weighted by atomic mass is 10.4. The van der Waals surface area contributed by atoms with Gasteiger partial charge in [0.15, 0.2) is 10.8 Å². The molecule has 3 heterocycles. The Morgan fingerprint density at radius 1 is 1.14 bits per heavy atom. The van der Waals surface area contributed by atoms with Crippen LogP contribution in [-0.4, -0.2) is 29.7 Å². The zero-order chi connectivity index (χ0) is 15.0. The van der Waals surface area contributed by atoms with Crippen LogP contribution in [0.1, 0.15) is 17.2 Å². The number of hydrogen-bond acceptors (Lipinski definition) is 7. The molecule has 0 saturated carbocycles. The lowest BCUT2D eigenvalue weighted by molar-refractivity contribution is 0.782. The maximum absolute atomic E-state index is 5.94. The van der Waals surface area contributed by atoms with Crippen molar-refractivity contribution >= 4 is 28.6 Å². The lowest BCUT2D eigenvalue weighted by Gasteiger charge is -2.04. The van der Waals surface area contributed by atoms with E-state index in [1.807, 2.05) is 27.0 Å². The van der Waals surface area contributed by atoms with Crippen LogP contribution in [0, 0.1) is 13.8 Å². The standard InChI is InChI=1S/C13H15N7S/c1-7-4-8(2)17-13(16-7)21-6-10-18-11(14)9-5-15-20(3)12(9)19-10/h4-5H,6H2,1-3H3,(H2,14,18,19). The number of nitrogens with two attached hydrogens (primary N) is 1. The van der Waals surface area contributed by atoms with Crippen molar-refractivity contribution < 1.29 is 0 Å². The number of hydrogen-bond donors (Lipinski definition) is 1. The molecule has 0 atom stereocenters. The molecule has 3 aromatic heterocycles. The van der Waals surface area contributed by atoms with Gasteiger partial charge < -0.3 is 5.73 Å². The minimum absolute atomic E-state index is 0.449. The quantitative estimate of drug-likeness (QED) is 0.580. The van der Waals surface area contributed by atoms with Gasteiger partial charge in [0, 0.05) is 18.4 Å². The van der Waals surface area contributed by atoms with Crippen molar-refractivity contribution in [2.24, 2.45) is 7.05 Å². The fourth-order valence-electron chi connectivity index (χ4n) is 2.04. The van der Waals surface area contributed by atoms with Crippen LogP contribution in [0.25, 0.3) is 11.0 Å². The normalized spacial score (nSPS) is 11.2. The zero-order valence-corrected chi connectivity index (χ0v) is 12.8. The Bertz CT molecular complexity index is 791. The Kier molecular flexibility index (Phi) is 3.46. The highest BCUT2D eigenvalue weighted by Crippen LogP contribution is 2.21. The van der Waals surface area contributed by atoms with Crippen molar-refractivity contribution in [3.05, 3.63) is 29.5 Å². The smallest absolute Gasteiger partial charge is 0.188 e. The van der Waals surface area contributed by atoms with Gasteiger partial charge in [-0.15, -0.1) is 0 Å². The summed E-state index contributed by atoms with van der Waals surface area (Å²) in [7, 11) is 1.83. The first-order valence-corrected chi connectivity index (χ1v) is 7.40. The summed E-state index contributed by atoms with van der Waals surface area (Å²) in [6.07, 6.45) is 1.68. The fourth-order valence-corrected chi connectivity index (χ4v) is 2.85. The van der Waals surface area contributed by atoms with E-state index in [-0.39, 0.29) is 0 Å². The Balaban J connectivity index is 1.86. The summed E-state index contributed by atoms with van der Waals surface area (Å²) in [6.45, 7) is 3.91. The molecule has 3 aromatic rings. The molecule has 0 aliphatic carbocycles. The fraction of sp³-hybridized carbons (Fsp3) is 0.308. The number of nitrogen functional groups attached to an aromatic ring is 1. The number of aromatic nitrogens is 6. The molecule has 0 bridgehead atoms. The van der Waals surface area contributed by atoms with E-state index in [1.165, 1.54) is 11.8 Å². The topological polar surface area (TPSA) is 95.4 Å². The Labute approximate surface area is 126 Å². The summed E-state index contributed by atoms with van der Waals surface area (Å²) in [5.74, 6) is 1.66. The first kappa shape index (κ1) is 13.7. The second-order valence-corrected chi connectivity index (χ2v) is 5.69. The van der Waals surface area contributed by atoms with E-state index in [0.29, 0.717) is 17.4 Å². The van der Waals surface area contributed by atoms with Gasteiger partial charge in [-0.3, -0.25) is 4.68 Å². The van der Waals surface area contributed by atoms with Gasteiger partial charge in [-0.2, -0.15) is 5.10 Å². The Morgan fingerprint density at radius 2 is 1.86 bits per heavy atom. The molecule has 0 aliphatic heterocycles. The van der Waals surface area contributed by atoms with Crippen LogP contribution in [0.5, 0.6) is 0 Å². The number of anilines is 1. The van der Waals surface area contributed by atoms with Gasteiger partial charge in [-0.05, 0) is 19.9 Å². The summed E-state index contributed by atoms with van der Waals surface area (Å²) in [5.41, 5.74) is 8.58. The van der Waals surface area contributed by atoms with Crippen LogP contribution in [0.4, 0.5) is 5.82 Å². The second kappa shape index (κ2) is 5.28. The number of nitrogens with zero attached hydrogens (tertiary/aromatic N) is 6. The molecule has 0 aromatic carbocycles. The van der Waals surface area contributed by atoms with Crippen molar-refractivity contribution in [2.75, 3.05) is 5.73 Å². The van der Waals surface area contributed by atoms with Crippen molar-refractivity contribution in [1.29, 1.82) is 0 Å². The van der Waals surface area contributed by atoms with Crippen LogP contribution in [0.2, 0.25) is 0 Å². The molecule has 2 N–H and O–H groups in total. The van der Waals surface area contributed by atoms with Crippen LogP contribution in [0.3, 0.4) is 0 Å². The molecule has 21 heavy (non-hydrogen) atoms. The van der Waals surface area contributed by atoms with E-state index in [2.05, 4.69) is 25.0 Å². The highest BCUT2D eigenvalue weighted by molar-refractivity contribution is 7.98. The molecule has 0 fully saturated rings. The maximum Gasteiger partial charge on any atom is 0.188 e. The van der Waals surface area contributed by atoms with Gasteiger partial charge >= 0.3 is 0 Å². The van der Waals surface area contributed by atoms with Gasteiger partial charge in [0.2, 0.25) is 0 Å². The molecule has 7 nitrogen and oxygen atoms in total. The third kappa shape index (κ3) is 2.80. The van der Waals surface area contributed by atoms with Crippen molar-refractivity contribution in [2.45, 2.75) is 24.8 Å². The van der Waals surface area contributed by atoms with Crippen LogP contribution >= 0.6 is 11.8 Å². The highest BCUT2D eigenvalue weighted by Gasteiger charge is 2.10. The lowest BCUT2D eigenvalue weighted by Crippen LogP contribution is -2.02. The van der Waals surface area contributed by atoms with Crippen LogP contribution < -0.4 is 5.73 Å². The zero-order valence-electron chi connectivity index (χ0n) is 12.0. The summed E-state index contributed by atoms with van der Waals surface area (Å²) >= 11 is 1.50. The van der Waals surface area contributed by atoms with E-state index in [4.69, 9.17) is 5.73 Å². The van der Waals surface area contributed by atoms with Crippen molar-refractivity contribution in [1.82, 2.24) is 29.7 Å². The molecule has 0 unspecified atom stereocenters. The van der Waals surface area contributed by atoms with Crippen LogP contribution in [-0.2, 0) is 12.8 Å². The van der Waals surface area contributed by atoms with E-state index >= 15 is 0 Å². The van der Waals surface area contributed by atoms with Crippen LogP contribution in [0.15, 0.2) is 17.4 Å². The monoisotopic (exact) mass is 301 g/mol. The summed E-state index contributed by atoms with van der Waals surface area (Å²) in [6, 6.07) is 1.94. The SMILES string of the molecule is Cc1cc(C)nc(SCc2nc(N)c3cnn(C)c3n2)n1. The summed E-state index contributed by atoms with van der Waals surface area (Å²) < 4.78 is 1.69. The first-order valence-electron chi connectivity index (χ1n) is 6.42. The molecular formula is C13H15N7S. The van der Waals surface area contributed by atoms with Crippen molar-refractivity contribution in [3.63, 3.8) is 0 Å². The van der Waals surface area contributed by atoms with Gasteiger partial charge in [0.05, 0.1) is 17.3 Å². The molecule has 0 amide bonds. The number of rotatable bonds is 3. The molecular weight excluding hydrogens is 286 g/mol. The molecule has 108 valence electrons. The minimum Gasteiger partial charge on any atom is -0.383 e. The van der Waals surface area contributed by atoms with Gasteiger partial charge in [-0.1, -0.05) is 11.8 Å². The highest BCUT2D eigenvalue weighted by atomic mass is 32.2. The molecule has 0 saturated heterocycles. The number of thioether (sulfide) groups is 1. The van der Waals surface area contributed by atoms with Gasteiger partial charge in [0.25, 0.3) is 0 Å². The minimum atomic E-state index is 0.449. The third-order valence-corrected chi connectivity index (χ3v) is 3.80. The molecule has 0 spiro atoms. The predicted octanol–water partition coefficient (Wildman–Crippen LogP) is 1.64. The van der Waals surface area contributed by atoms with E-state index in [0.717, 1.165) is 27.6 Å². The molecule has 3 rings (SSSR count). The number of aryl methyl sites for hydroxylation is 3. The summed E-state index contributed by atoms with van der Waals surface area (Å²) in [4.78, 5) is 17.6. The molecule has 8 heteroatoms. The second-order valence-electron chi connectivity index (χ2n) is 4.75. The van der Waals surface area contributed by atoms with Crippen molar-refractivity contribution in [3.8, 4) is 0 Å². The number of fused-ring (bicyclic) bond motifs is 1. The molecule has 0 radical (unpaired) electrons. The summed E-state index contributed by atoms with van der Waals surface area (Å²) in [5, 5.41) is 5.64. The van der Waals surface area contributed by atoms with E-state index in [9.17, 15) is 0 Å². The maximum atomic E-state index is 5.94. The Hall–Kier alpha value is -2.22. The van der Waals surface area contributed by atoms with Gasteiger partial charge in [-0.25, -0.2) is 19.9 Å². The average molecular weight is 301 g/mol. The first-order chi connectivity index (χ1) is 10.0. The average Bonchev–Trinajstić information content (AvgIpc) is 2.78. The largest absolute Gasteiger partial charge is 0.383 e. The van der Waals surface area contributed by atoms with E-state index < -0.39 is 0 Å². The predicted molar refractivity (Wildman–Crippen MR) is 81.8 cm³/mol. The van der Waals surface area contributed by atoms with E-state index in [1.54, 1.807) is 10.9 Å². The molecule has 0 aliphatic rings. The van der Waals surface area contributed by atoms with Gasteiger partial charge in [0.1, 0.15) is 11.6 Å². The Morgan fingerprint density at radius 3 is 2.57 bits per heavy atom. The third-order valence-electron chi connectivity index (χ3n) is 2.96.